The van der Waals surface area contributed by atoms with Gasteiger partial charge < -0.3 is 0 Å². The summed E-state index contributed by atoms with van der Waals surface area (Å²) in [5, 5.41) is 9.26. The number of hydrogen-bond donors (Lipinski definition) is 0. The minimum Gasteiger partial charge on any atom is -0.205 e. The standard InChI is InChI=1S/C10H5ClFNS/c11-9-5-7-3-6(1-2-13)4-8(12)10(7)14-9/h3-5H,1H2. The number of hydrogen-bond acceptors (Lipinski definition) is 2. The average Bonchev–Trinajstić information content (AvgIpc) is 2.47. The van der Waals surface area contributed by atoms with Gasteiger partial charge in [-0.1, -0.05) is 11.6 Å². The molecule has 2 aromatic rings. The Kier molecular flexibility index (Phi) is 2.40. The Morgan fingerprint density at radius 1 is 1.43 bits per heavy atom. The first-order chi connectivity index (χ1) is 6.70. The Balaban J connectivity index is 2.66. The molecule has 1 aromatic heterocycles. The van der Waals surface area contributed by atoms with E-state index in [1.54, 1.807) is 12.1 Å². The molecule has 0 fully saturated rings. The largest absolute Gasteiger partial charge is 0.205 e. The van der Waals surface area contributed by atoms with Gasteiger partial charge in [0.15, 0.2) is 0 Å². The van der Waals surface area contributed by atoms with E-state index in [9.17, 15) is 4.39 Å². The number of nitriles is 1. The summed E-state index contributed by atoms with van der Waals surface area (Å²) < 4.78 is 14.5. The van der Waals surface area contributed by atoms with E-state index in [1.807, 2.05) is 6.07 Å². The molecular formula is C10H5ClFNS. The first-order valence-electron chi connectivity index (χ1n) is 3.95. The van der Waals surface area contributed by atoms with Crippen molar-refractivity contribution in [3.8, 4) is 6.07 Å². The molecule has 4 heteroatoms. The van der Waals surface area contributed by atoms with Crippen molar-refractivity contribution in [1.29, 1.82) is 5.26 Å². The number of fused-ring (bicyclic) bond motifs is 1. The van der Waals surface area contributed by atoms with Crippen molar-refractivity contribution in [3.05, 3.63) is 33.9 Å². The van der Waals surface area contributed by atoms with Crippen molar-refractivity contribution < 1.29 is 4.39 Å². The average molecular weight is 226 g/mol. The number of rotatable bonds is 1. The van der Waals surface area contributed by atoms with Gasteiger partial charge in [-0.2, -0.15) is 5.26 Å². The normalized spacial score (nSPS) is 10.4. The molecule has 0 bridgehead atoms. The van der Waals surface area contributed by atoms with Crippen LogP contribution in [0.4, 0.5) is 4.39 Å². The quantitative estimate of drug-likeness (QED) is 0.725. The van der Waals surface area contributed by atoms with Crippen LogP contribution in [0.1, 0.15) is 5.56 Å². The molecule has 1 nitrogen and oxygen atoms in total. The third-order valence-corrected chi connectivity index (χ3v) is 3.17. The lowest BCUT2D eigenvalue weighted by molar-refractivity contribution is 0.640. The third kappa shape index (κ3) is 1.59. The van der Waals surface area contributed by atoms with Crippen LogP contribution in [-0.4, -0.2) is 0 Å². The van der Waals surface area contributed by atoms with Crippen LogP contribution in [0.25, 0.3) is 10.1 Å². The Morgan fingerprint density at radius 3 is 2.93 bits per heavy atom. The number of benzene rings is 1. The molecule has 0 spiro atoms. The number of thiophene rings is 1. The lowest BCUT2D eigenvalue weighted by Gasteiger charge is -1.96. The molecule has 1 heterocycles. The van der Waals surface area contributed by atoms with Gasteiger partial charge in [-0.25, -0.2) is 4.39 Å². The molecule has 0 aliphatic carbocycles. The molecule has 0 aliphatic rings. The third-order valence-electron chi connectivity index (χ3n) is 1.88. The fourth-order valence-electron chi connectivity index (χ4n) is 1.33. The van der Waals surface area contributed by atoms with Gasteiger partial charge in [0.05, 0.1) is 21.5 Å². The summed E-state index contributed by atoms with van der Waals surface area (Å²) in [6.07, 6.45) is 0.223. The Morgan fingerprint density at radius 2 is 2.21 bits per heavy atom. The van der Waals surface area contributed by atoms with Crippen LogP contribution >= 0.6 is 22.9 Å². The van der Waals surface area contributed by atoms with Crippen molar-refractivity contribution in [2.24, 2.45) is 0 Å². The first kappa shape index (κ1) is 9.45. The summed E-state index contributed by atoms with van der Waals surface area (Å²) in [6.45, 7) is 0. The maximum Gasteiger partial charge on any atom is 0.141 e. The van der Waals surface area contributed by atoms with Crippen LogP contribution in [0.15, 0.2) is 18.2 Å². The molecule has 0 N–H and O–H groups in total. The highest BCUT2D eigenvalue weighted by atomic mass is 35.5. The molecule has 0 atom stereocenters. The van der Waals surface area contributed by atoms with Gasteiger partial charge in [-0.3, -0.25) is 0 Å². The summed E-state index contributed by atoms with van der Waals surface area (Å²) in [6, 6.07) is 6.88. The van der Waals surface area contributed by atoms with Crippen molar-refractivity contribution in [2.45, 2.75) is 6.42 Å². The van der Waals surface area contributed by atoms with Gasteiger partial charge >= 0.3 is 0 Å². The van der Waals surface area contributed by atoms with Crippen molar-refractivity contribution in [3.63, 3.8) is 0 Å². The summed E-state index contributed by atoms with van der Waals surface area (Å²) >= 11 is 6.98. The number of halogens is 2. The van der Waals surface area contributed by atoms with Gasteiger partial charge in [0, 0.05) is 0 Å². The van der Waals surface area contributed by atoms with Crippen LogP contribution in [0.3, 0.4) is 0 Å². The second-order valence-corrected chi connectivity index (χ2v) is 4.56. The van der Waals surface area contributed by atoms with E-state index in [0.29, 0.717) is 14.6 Å². The molecule has 14 heavy (non-hydrogen) atoms. The topological polar surface area (TPSA) is 23.8 Å². The van der Waals surface area contributed by atoms with Crippen molar-refractivity contribution in [1.82, 2.24) is 0 Å². The Labute approximate surface area is 89.3 Å². The smallest absolute Gasteiger partial charge is 0.141 e. The molecule has 0 unspecified atom stereocenters. The zero-order valence-electron chi connectivity index (χ0n) is 7.05. The minimum absolute atomic E-state index is 0.223. The van der Waals surface area contributed by atoms with Crippen LogP contribution in [-0.2, 0) is 6.42 Å². The number of nitrogens with zero attached hydrogens (tertiary/aromatic N) is 1. The van der Waals surface area contributed by atoms with Gasteiger partial charge in [0.1, 0.15) is 5.82 Å². The second-order valence-electron chi connectivity index (χ2n) is 2.88. The highest BCUT2D eigenvalue weighted by Gasteiger charge is 2.07. The first-order valence-corrected chi connectivity index (χ1v) is 5.14. The van der Waals surface area contributed by atoms with Crippen molar-refractivity contribution >= 4 is 33.0 Å². The highest BCUT2D eigenvalue weighted by molar-refractivity contribution is 7.22. The van der Waals surface area contributed by atoms with Crippen molar-refractivity contribution in [2.75, 3.05) is 0 Å². The molecule has 0 saturated carbocycles. The van der Waals surface area contributed by atoms with E-state index < -0.39 is 0 Å². The predicted molar refractivity (Wildman–Crippen MR) is 56.1 cm³/mol. The van der Waals surface area contributed by atoms with E-state index in [2.05, 4.69) is 0 Å². The zero-order chi connectivity index (χ0) is 10.1. The molecular weight excluding hydrogens is 221 g/mol. The van der Waals surface area contributed by atoms with Crippen LogP contribution in [0.5, 0.6) is 0 Å². The fraction of sp³-hybridized carbons (Fsp3) is 0.100. The minimum atomic E-state index is -0.301. The van der Waals surface area contributed by atoms with Gasteiger partial charge in [-0.15, -0.1) is 11.3 Å². The summed E-state index contributed by atoms with van der Waals surface area (Å²) in [5.74, 6) is -0.301. The SMILES string of the molecule is N#CCc1cc(F)c2sc(Cl)cc2c1. The highest BCUT2D eigenvalue weighted by Crippen LogP contribution is 2.32. The molecule has 1 aromatic carbocycles. The van der Waals surface area contributed by atoms with Crippen LogP contribution in [0.2, 0.25) is 4.34 Å². The van der Waals surface area contributed by atoms with Gasteiger partial charge in [0.25, 0.3) is 0 Å². The molecule has 0 aliphatic heterocycles. The maximum absolute atomic E-state index is 13.4. The fourth-order valence-corrected chi connectivity index (χ4v) is 2.45. The molecule has 0 saturated heterocycles. The van der Waals surface area contributed by atoms with E-state index in [0.717, 1.165) is 5.39 Å². The second kappa shape index (κ2) is 3.56. The predicted octanol–water partition coefficient (Wildman–Crippen LogP) is 3.76. The maximum atomic E-state index is 13.4. The molecule has 2 rings (SSSR count). The zero-order valence-corrected chi connectivity index (χ0v) is 8.62. The summed E-state index contributed by atoms with van der Waals surface area (Å²) in [5.41, 5.74) is 0.687. The molecule has 0 radical (unpaired) electrons. The van der Waals surface area contributed by atoms with E-state index in [-0.39, 0.29) is 12.2 Å². The summed E-state index contributed by atoms with van der Waals surface area (Å²) in [7, 11) is 0. The van der Waals surface area contributed by atoms with Gasteiger partial charge in [-0.05, 0) is 29.1 Å². The Hall–Kier alpha value is -1.11. The van der Waals surface area contributed by atoms with E-state index >= 15 is 0 Å². The van der Waals surface area contributed by atoms with Crippen LogP contribution < -0.4 is 0 Å². The Bertz CT molecular complexity index is 527. The van der Waals surface area contributed by atoms with E-state index in [4.69, 9.17) is 16.9 Å². The molecule has 0 amide bonds. The molecule has 70 valence electrons. The lowest BCUT2D eigenvalue weighted by Crippen LogP contribution is -1.83. The van der Waals surface area contributed by atoms with E-state index in [1.165, 1.54) is 17.4 Å². The lowest BCUT2D eigenvalue weighted by atomic mass is 10.1. The van der Waals surface area contributed by atoms with Crippen LogP contribution in [0, 0.1) is 17.1 Å². The van der Waals surface area contributed by atoms with Gasteiger partial charge in [0.2, 0.25) is 0 Å². The monoisotopic (exact) mass is 225 g/mol. The summed E-state index contributed by atoms with van der Waals surface area (Å²) in [4.78, 5) is 0.